The Hall–Kier alpha value is -0.780. The molecular formula is C13H25F3N2O. The number of amides is 1. The molecule has 0 saturated heterocycles. The number of carbonyl (C=O) groups excluding carboxylic acids is 1. The summed E-state index contributed by atoms with van der Waals surface area (Å²) in [5.74, 6) is -0.828. The van der Waals surface area contributed by atoms with E-state index in [1.165, 1.54) is 0 Å². The van der Waals surface area contributed by atoms with E-state index in [0.29, 0.717) is 32.2 Å². The smallest absolute Gasteiger partial charge is 0.330 e. The number of hydrogen-bond acceptors (Lipinski definition) is 2. The molecule has 1 atom stereocenters. The lowest BCUT2D eigenvalue weighted by Crippen LogP contribution is -2.47. The van der Waals surface area contributed by atoms with Crippen LogP contribution in [0.4, 0.5) is 13.2 Å². The molecule has 0 aromatic heterocycles. The lowest BCUT2D eigenvalue weighted by atomic mass is 10.0. The second-order valence-electron chi connectivity index (χ2n) is 4.88. The first-order valence-electron chi connectivity index (χ1n) is 6.84. The highest BCUT2D eigenvalue weighted by molar-refractivity contribution is 5.78. The van der Waals surface area contributed by atoms with Crippen LogP contribution in [0.5, 0.6) is 0 Å². The molecule has 1 amide bonds. The molecule has 0 bridgehead atoms. The van der Waals surface area contributed by atoms with Gasteiger partial charge in [-0.2, -0.15) is 13.2 Å². The van der Waals surface area contributed by atoms with Gasteiger partial charge in [0.05, 0.1) is 0 Å². The van der Waals surface area contributed by atoms with Gasteiger partial charge in [0.1, 0.15) is 6.54 Å². The minimum atomic E-state index is -4.36. The third-order valence-electron chi connectivity index (χ3n) is 3.28. The first-order valence-corrected chi connectivity index (χ1v) is 6.84. The number of nitrogens with two attached hydrogens (primary N) is 1. The number of halogens is 3. The third kappa shape index (κ3) is 6.80. The van der Waals surface area contributed by atoms with Crippen LogP contribution in [0.3, 0.4) is 0 Å². The summed E-state index contributed by atoms with van der Waals surface area (Å²) < 4.78 is 37.8. The van der Waals surface area contributed by atoms with Gasteiger partial charge in [-0.1, -0.05) is 20.8 Å². The van der Waals surface area contributed by atoms with E-state index in [0.717, 1.165) is 4.90 Å². The molecule has 0 radical (unpaired) electrons. The molecule has 1 unspecified atom stereocenters. The molecule has 6 heteroatoms. The summed E-state index contributed by atoms with van der Waals surface area (Å²) >= 11 is 0. The molecule has 0 spiro atoms. The molecule has 3 nitrogen and oxygen atoms in total. The summed E-state index contributed by atoms with van der Waals surface area (Å²) in [4.78, 5) is 13.2. The summed E-state index contributed by atoms with van der Waals surface area (Å²) in [6.45, 7) is 4.56. The highest BCUT2D eigenvalue weighted by Gasteiger charge is 2.36. The second kappa shape index (κ2) is 8.40. The standard InChI is InChI=1S/C13H25F3N2O/c1-4-11(5-2)18(9-13(14,15)16)12(19)10(3)7-6-8-17/h10-11H,4-9,17H2,1-3H3. The van der Waals surface area contributed by atoms with E-state index >= 15 is 0 Å². The fourth-order valence-electron chi connectivity index (χ4n) is 2.14. The summed E-state index contributed by atoms with van der Waals surface area (Å²) in [7, 11) is 0. The molecule has 0 saturated carbocycles. The molecule has 2 N–H and O–H groups in total. The topological polar surface area (TPSA) is 46.3 Å². The predicted octanol–water partition coefficient (Wildman–Crippen LogP) is 2.94. The van der Waals surface area contributed by atoms with Crippen LogP contribution in [-0.2, 0) is 4.79 Å². The maximum atomic E-state index is 12.6. The molecule has 114 valence electrons. The molecule has 0 rings (SSSR count). The van der Waals surface area contributed by atoms with Gasteiger partial charge in [0.15, 0.2) is 0 Å². The number of nitrogens with zero attached hydrogens (tertiary/aromatic N) is 1. The summed E-state index contributed by atoms with van der Waals surface area (Å²) in [5, 5.41) is 0. The van der Waals surface area contributed by atoms with Crippen LogP contribution in [0.15, 0.2) is 0 Å². The van der Waals surface area contributed by atoms with E-state index in [9.17, 15) is 18.0 Å². The number of rotatable bonds is 8. The normalized spacial score (nSPS) is 13.7. The van der Waals surface area contributed by atoms with Crippen molar-refractivity contribution in [1.29, 1.82) is 0 Å². The Morgan fingerprint density at radius 3 is 2.16 bits per heavy atom. The van der Waals surface area contributed by atoms with E-state index in [1.807, 2.05) is 0 Å². The average Bonchev–Trinajstić information content (AvgIpc) is 2.33. The predicted molar refractivity (Wildman–Crippen MR) is 69.6 cm³/mol. The number of alkyl halides is 3. The Labute approximate surface area is 113 Å². The Morgan fingerprint density at radius 2 is 1.79 bits per heavy atom. The minimum absolute atomic E-state index is 0.352. The van der Waals surface area contributed by atoms with Crippen LogP contribution >= 0.6 is 0 Å². The van der Waals surface area contributed by atoms with Crippen LogP contribution in [-0.4, -0.2) is 36.1 Å². The van der Waals surface area contributed by atoms with E-state index in [-0.39, 0.29) is 6.04 Å². The zero-order chi connectivity index (χ0) is 15.1. The van der Waals surface area contributed by atoms with Gasteiger partial charge < -0.3 is 10.6 Å². The lowest BCUT2D eigenvalue weighted by Gasteiger charge is -2.33. The maximum Gasteiger partial charge on any atom is 0.406 e. The Balaban J connectivity index is 4.85. The highest BCUT2D eigenvalue weighted by atomic mass is 19.4. The van der Waals surface area contributed by atoms with Gasteiger partial charge in [-0.3, -0.25) is 4.79 Å². The fraction of sp³-hybridized carbons (Fsp3) is 0.923. The van der Waals surface area contributed by atoms with Crippen molar-refractivity contribution in [1.82, 2.24) is 4.90 Å². The van der Waals surface area contributed by atoms with Crippen molar-refractivity contribution in [3.8, 4) is 0 Å². The first-order chi connectivity index (χ1) is 8.76. The second-order valence-corrected chi connectivity index (χ2v) is 4.88. The molecule has 0 aliphatic heterocycles. The molecule has 0 aromatic carbocycles. The van der Waals surface area contributed by atoms with Crippen LogP contribution < -0.4 is 5.73 Å². The van der Waals surface area contributed by atoms with Crippen molar-refractivity contribution in [2.24, 2.45) is 11.7 Å². The highest BCUT2D eigenvalue weighted by Crippen LogP contribution is 2.23. The SMILES string of the molecule is CCC(CC)N(CC(F)(F)F)C(=O)C(C)CCCN. The molecule has 0 aliphatic carbocycles. The van der Waals surface area contributed by atoms with E-state index < -0.39 is 24.5 Å². The van der Waals surface area contributed by atoms with Crippen molar-refractivity contribution in [3.05, 3.63) is 0 Å². The van der Waals surface area contributed by atoms with Gasteiger partial charge in [-0.15, -0.1) is 0 Å². The molecule has 0 aromatic rings. The van der Waals surface area contributed by atoms with Crippen molar-refractivity contribution in [2.75, 3.05) is 13.1 Å². The maximum absolute atomic E-state index is 12.6. The molecular weight excluding hydrogens is 257 g/mol. The zero-order valence-corrected chi connectivity index (χ0v) is 12.0. The first kappa shape index (κ1) is 18.2. The van der Waals surface area contributed by atoms with Gasteiger partial charge >= 0.3 is 6.18 Å². The number of carbonyl (C=O) groups is 1. The average molecular weight is 282 g/mol. The van der Waals surface area contributed by atoms with Crippen molar-refractivity contribution in [2.45, 2.75) is 58.7 Å². The van der Waals surface area contributed by atoms with Crippen molar-refractivity contribution < 1.29 is 18.0 Å². The Morgan fingerprint density at radius 1 is 1.26 bits per heavy atom. The van der Waals surface area contributed by atoms with Crippen LogP contribution in [0, 0.1) is 5.92 Å². The third-order valence-corrected chi connectivity index (χ3v) is 3.28. The van der Waals surface area contributed by atoms with Gasteiger partial charge in [0.2, 0.25) is 5.91 Å². The quantitative estimate of drug-likeness (QED) is 0.744. The van der Waals surface area contributed by atoms with Gasteiger partial charge in [-0.25, -0.2) is 0 Å². The zero-order valence-electron chi connectivity index (χ0n) is 12.0. The van der Waals surface area contributed by atoms with Crippen LogP contribution in [0.25, 0.3) is 0 Å². The molecule has 0 aliphatic rings. The van der Waals surface area contributed by atoms with Crippen molar-refractivity contribution >= 4 is 5.91 Å². The van der Waals surface area contributed by atoms with Gasteiger partial charge in [0.25, 0.3) is 0 Å². The fourth-order valence-corrected chi connectivity index (χ4v) is 2.14. The van der Waals surface area contributed by atoms with E-state index in [4.69, 9.17) is 5.73 Å². The summed E-state index contributed by atoms with van der Waals surface area (Å²) in [5.41, 5.74) is 5.36. The summed E-state index contributed by atoms with van der Waals surface area (Å²) in [6, 6.07) is -0.352. The van der Waals surface area contributed by atoms with E-state index in [2.05, 4.69) is 0 Å². The van der Waals surface area contributed by atoms with E-state index in [1.54, 1.807) is 20.8 Å². The molecule has 19 heavy (non-hydrogen) atoms. The van der Waals surface area contributed by atoms with Gasteiger partial charge in [-0.05, 0) is 32.2 Å². The monoisotopic (exact) mass is 282 g/mol. The Bertz CT molecular complexity index is 265. The van der Waals surface area contributed by atoms with Gasteiger partial charge in [0, 0.05) is 12.0 Å². The molecule has 0 fully saturated rings. The largest absolute Gasteiger partial charge is 0.406 e. The summed E-state index contributed by atoms with van der Waals surface area (Å²) in [6.07, 6.45) is -2.12. The Kier molecular flexibility index (Phi) is 8.06. The van der Waals surface area contributed by atoms with Crippen LogP contribution in [0.2, 0.25) is 0 Å². The van der Waals surface area contributed by atoms with Crippen molar-refractivity contribution in [3.63, 3.8) is 0 Å². The number of hydrogen-bond donors (Lipinski definition) is 1. The lowest BCUT2D eigenvalue weighted by molar-refractivity contribution is -0.168. The van der Waals surface area contributed by atoms with Crippen LogP contribution in [0.1, 0.15) is 46.5 Å². The molecule has 0 heterocycles. The minimum Gasteiger partial charge on any atom is -0.330 e.